The topological polar surface area (TPSA) is 149 Å². The lowest BCUT2D eigenvalue weighted by Gasteiger charge is -2.40. The van der Waals surface area contributed by atoms with Gasteiger partial charge < -0.3 is 40.3 Å². The van der Waals surface area contributed by atoms with Crippen LogP contribution in [0.5, 0.6) is 0 Å². The number of carbonyl (C=O) groups is 1. The number of aliphatic hydroxyl groups is 5. The molecule has 0 aliphatic carbocycles. The molecular weight excluding hydrogens is 851 g/mol. The normalized spacial score (nSPS) is 19.8. The molecule has 9 heteroatoms. The van der Waals surface area contributed by atoms with E-state index < -0.39 is 49.5 Å². The number of aliphatic hydroxyl groups excluding tert-OH is 5. The van der Waals surface area contributed by atoms with E-state index in [1.165, 1.54) is 199 Å². The molecule has 1 fully saturated rings. The fraction of sp³-hybridized carbons (Fsp3) is 0.881. The number of carbonyl (C=O) groups excluding carboxylic acids is 1. The molecule has 1 aliphatic rings. The molecule has 0 saturated carbocycles. The fourth-order valence-electron chi connectivity index (χ4n) is 9.35. The number of nitrogens with one attached hydrogen (secondary N) is 1. The van der Waals surface area contributed by atoms with Gasteiger partial charge in [0.05, 0.1) is 25.4 Å². The van der Waals surface area contributed by atoms with Crippen molar-refractivity contribution in [2.24, 2.45) is 0 Å². The highest BCUT2D eigenvalue weighted by Crippen LogP contribution is 2.23. The molecule has 0 aromatic rings. The number of unbranched alkanes of at least 4 members (excludes halogenated alkanes) is 34. The molecule has 1 saturated heterocycles. The van der Waals surface area contributed by atoms with Gasteiger partial charge in [-0.1, -0.05) is 256 Å². The standard InChI is InChI=1S/C59H111NO8/c1-3-5-7-9-11-13-15-17-18-19-20-21-22-23-24-25-26-27-28-29-30-31-32-33-34-35-36-37-39-41-43-45-47-49-55(63)60-52(51-67-59-58(66)57(65)56(64)54(50-61)68-59)53(62)48-46-44-42-40-38-16-14-12-10-8-6-4-2/h15,17,19-20,22-23,52-54,56-59,61-62,64-66H,3-14,16,18,21,24-51H2,1-2H3,(H,60,63)/b17-15-,20-19-,23-22-. The predicted molar refractivity (Wildman–Crippen MR) is 286 cm³/mol. The highest BCUT2D eigenvalue weighted by molar-refractivity contribution is 5.76. The van der Waals surface area contributed by atoms with Crippen LogP contribution in [0.1, 0.15) is 277 Å². The van der Waals surface area contributed by atoms with Crippen molar-refractivity contribution in [2.75, 3.05) is 13.2 Å². The van der Waals surface area contributed by atoms with Crippen molar-refractivity contribution in [3.8, 4) is 0 Å². The van der Waals surface area contributed by atoms with E-state index >= 15 is 0 Å². The first-order valence-electron chi connectivity index (χ1n) is 29.2. The maximum atomic E-state index is 13.0. The summed E-state index contributed by atoms with van der Waals surface area (Å²) in [7, 11) is 0. The summed E-state index contributed by atoms with van der Waals surface area (Å²) in [6.07, 6.45) is 56.2. The molecule has 0 spiro atoms. The van der Waals surface area contributed by atoms with E-state index in [1.807, 2.05) is 0 Å². The summed E-state index contributed by atoms with van der Waals surface area (Å²) >= 11 is 0. The number of hydrogen-bond donors (Lipinski definition) is 6. The van der Waals surface area contributed by atoms with Gasteiger partial charge in [-0.25, -0.2) is 0 Å². The first-order valence-corrected chi connectivity index (χ1v) is 29.2. The third-order valence-electron chi connectivity index (χ3n) is 14.0. The quantitative estimate of drug-likeness (QED) is 0.0261. The third kappa shape index (κ3) is 38.1. The van der Waals surface area contributed by atoms with Crippen molar-refractivity contribution in [1.82, 2.24) is 5.32 Å². The Labute approximate surface area is 419 Å². The second-order valence-corrected chi connectivity index (χ2v) is 20.4. The molecule has 400 valence electrons. The summed E-state index contributed by atoms with van der Waals surface area (Å²) in [4.78, 5) is 13.0. The Morgan fingerprint density at radius 2 is 0.868 bits per heavy atom. The SMILES string of the molecule is CCCCCCC/C=C\C/C=C\C/C=C\CCCCCCCCCCCCCCCCCCCCC(=O)NC(COC1OC(CO)C(O)C(O)C1O)C(O)CCCCCCCCCCCCCC. The second-order valence-electron chi connectivity index (χ2n) is 20.4. The van der Waals surface area contributed by atoms with Crippen molar-refractivity contribution < 1.29 is 39.8 Å². The third-order valence-corrected chi connectivity index (χ3v) is 14.0. The van der Waals surface area contributed by atoms with Crippen molar-refractivity contribution in [1.29, 1.82) is 0 Å². The Hall–Kier alpha value is -1.59. The first-order chi connectivity index (χ1) is 33.3. The Bertz CT molecular complexity index is 1160. The monoisotopic (exact) mass is 962 g/mol. The first kappa shape index (κ1) is 64.4. The molecule has 0 radical (unpaired) electrons. The van der Waals surface area contributed by atoms with Crippen LogP contribution < -0.4 is 5.32 Å². The van der Waals surface area contributed by atoms with Gasteiger partial charge in [-0.15, -0.1) is 0 Å². The summed E-state index contributed by atoms with van der Waals surface area (Å²) in [5, 5.41) is 54.5. The minimum absolute atomic E-state index is 0.135. The average molecular weight is 963 g/mol. The van der Waals surface area contributed by atoms with Crippen LogP contribution in [0.15, 0.2) is 36.5 Å². The number of allylic oxidation sites excluding steroid dienone is 6. The van der Waals surface area contributed by atoms with Gasteiger partial charge in [0.25, 0.3) is 0 Å². The summed E-state index contributed by atoms with van der Waals surface area (Å²) in [6, 6.07) is -0.716. The van der Waals surface area contributed by atoms with E-state index in [0.717, 1.165) is 51.4 Å². The fourth-order valence-corrected chi connectivity index (χ4v) is 9.35. The molecule has 0 aromatic carbocycles. The number of ether oxygens (including phenoxy) is 2. The van der Waals surface area contributed by atoms with E-state index in [2.05, 4.69) is 55.6 Å². The molecule has 1 aliphatic heterocycles. The zero-order valence-electron chi connectivity index (χ0n) is 44.4. The predicted octanol–water partition coefficient (Wildman–Crippen LogP) is 14.4. The highest BCUT2D eigenvalue weighted by Gasteiger charge is 2.44. The molecule has 0 bridgehead atoms. The molecule has 6 N–H and O–H groups in total. The smallest absolute Gasteiger partial charge is 0.220 e. The summed E-state index contributed by atoms with van der Waals surface area (Å²) in [6.45, 7) is 3.83. The number of hydrogen-bond acceptors (Lipinski definition) is 8. The van der Waals surface area contributed by atoms with Gasteiger partial charge in [0.1, 0.15) is 24.4 Å². The lowest BCUT2D eigenvalue weighted by atomic mass is 9.99. The van der Waals surface area contributed by atoms with E-state index in [4.69, 9.17) is 9.47 Å². The van der Waals surface area contributed by atoms with Crippen LogP contribution >= 0.6 is 0 Å². The van der Waals surface area contributed by atoms with E-state index in [-0.39, 0.29) is 12.5 Å². The van der Waals surface area contributed by atoms with Crippen LogP contribution in [0.3, 0.4) is 0 Å². The summed E-state index contributed by atoms with van der Waals surface area (Å²) < 4.78 is 11.3. The number of rotatable bonds is 50. The maximum absolute atomic E-state index is 13.0. The molecule has 7 atom stereocenters. The van der Waals surface area contributed by atoms with E-state index in [9.17, 15) is 30.3 Å². The Balaban J connectivity index is 2.09. The molecular formula is C59H111NO8. The van der Waals surface area contributed by atoms with Crippen LogP contribution in [0.4, 0.5) is 0 Å². The van der Waals surface area contributed by atoms with Crippen molar-refractivity contribution in [2.45, 2.75) is 320 Å². The molecule has 68 heavy (non-hydrogen) atoms. The molecule has 0 aromatic heterocycles. The average Bonchev–Trinajstić information content (AvgIpc) is 3.34. The largest absolute Gasteiger partial charge is 0.394 e. The van der Waals surface area contributed by atoms with Crippen LogP contribution in [-0.2, 0) is 14.3 Å². The number of amides is 1. The Morgan fingerprint density at radius 3 is 1.28 bits per heavy atom. The minimum atomic E-state index is -1.55. The minimum Gasteiger partial charge on any atom is -0.394 e. The van der Waals surface area contributed by atoms with E-state index in [0.29, 0.717) is 12.8 Å². The van der Waals surface area contributed by atoms with Crippen LogP contribution in [0, 0.1) is 0 Å². The van der Waals surface area contributed by atoms with Gasteiger partial charge in [0.2, 0.25) is 5.91 Å². The Kier molecular flexibility index (Phi) is 46.4. The zero-order chi connectivity index (χ0) is 49.4. The van der Waals surface area contributed by atoms with Crippen molar-refractivity contribution in [3.63, 3.8) is 0 Å². The molecule has 1 heterocycles. The maximum Gasteiger partial charge on any atom is 0.220 e. The van der Waals surface area contributed by atoms with Gasteiger partial charge >= 0.3 is 0 Å². The molecule has 9 nitrogen and oxygen atoms in total. The van der Waals surface area contributed by atoms with Crippen LogP contribution in [0.2, 0.25) is 0 Å². The highest BCUT2D eigenvalue weighted by atomic mass is 16.7. The van der Waals surface area contributed by atoms with Gasteiger partial charge in [-0.3, -0.25) is 4.79 Å². The molecule has 1 amide bonds. The summed E-state index contributed by atoms with van der Waals surface area (Å²) in [5.74, 6) is -0.142. The van der Waals surface area contributed by atoms with E-state index in [1.54, 1.807) is 0 Å². The van der Waals surface area contributed by atoms with Gasteiger partial charge in [-0.05, 0) is 51.4 Å². The Morgan fingerprint density at radius 1 is 0.500 bits per heavy atom. The van der Waals surface area contributed by atoms with Gasteiger partial charge in [0, 0.05) is 6.42 Å². The summed E-state index contributed by atoms with van der Waals surface area (Å²) in [5.41, 5.74) is 0. The van der Waals surface area contributed by atoms with Crippen LogP contribution in [-0.4, -0.2) is 87.5 Å². The molecule has 7 unspecified atom stereocenters. The lowest BCUT2D eigenvalue weighted by Crippen LogP contribution is -2.60. The van der Waals surface area contributed by atoms with Crippen molar-refractivity contribution in [3.05, 3.63) is 36.5 Å². The van der Waals surface area contributed by atoms with Crippen LogP contribution in [0.25, 0.3) is 0 Å². The second kappa shape index (κ2) is 49.0. The molecule has 1 rings (SSSR count). The van der Waals surface area contributed by atoms with Crippen molar-refractivity contribution >= 4 is 5.91 Å². The zero-order valence-corrected chi connectivity index (χ0v) is 44.4. The van der Waals surface area contributed by atoms with Gasteiger partial charge in [-0.2, -0.15) is 0 Å². The lowest BCUT2D eigenvalue weighted by molar-refractivity contribution is -0.302. The van der Waals surface area contributed by atoms with Gasteiger partial charge in [0.15, 0.2) is 6.29 Å².